The first-order chi connectivity index (χ1) is 9.81. The fourth-order valence-corrected chi connectivity index (χ4v) is 4.59. The number of carbonyl (C=O) groups excluding carboxylic acids is 1. The van der Waals surface area contributed by atoms with Gasteiger partial charge in [0.25, 0.3) is 0 Å². The standard InChI is InChI=1S/C16H18N2OS/c19-15(8-12-9-18-6-4-11(12)5-7-18)13-2-1-3-14-16(13)20-10-17-14/h1-3,10-12H,4-9H2/t12-/m1/s1. The van der Waals surface area contributed by atoms with Crippen LogP contribution in [0.3, 0.4) is 0 Å². The van der Waals surface area contributed by atoms with Gasteiger partial charge in [-0.05, 0) is 49.9 Å². The lowest BCUT2D eigenvalue weighted by atomic mass is 9.76. The fourth-order valence-electron chi connectivity index (χ4n) is 3.77. The van der Waals surface area contributed by atoms with Gasteiger partial charge in [-0.2, -0.15) is 0 Å². The van der Waals surface area contributed by atoms with Gasteiger partial charge in [-0.25, -0.2) is 4.98 Å². The minimum absolute atomic E-state index is 0.304. The van der Waals surface area contributed by atoms with Crippen molar-refractivity contribution in [2.45, 2.75) is 19.3 Å². The molecular formula is C16H18N2OS. The smallest absolute Gasteiger partial charge is 0.164 e. The van der Waals surface area contributed by atoms with Crippen LogP contribution in [0.5, 0.6) is 0 Å². The first-order valence-corrected chi connectivity index (χ1v) is 8.27. The summed E-state index contributed by atoms with van der Waals surface area (Å²) in [6.45, 7) is 3.59. The molecule has 2 bridgehead atoms. The van der Waals surface area contributed by atoms with Crippen molar-refractivity contribution in [3.8, 4) is 0 Å². The summed E-state index contributed by atoms with van der Waals surface area (Å²) in [6, 6.07) is 5.90. The van der Waals surface area contributed by atoms with Gasteiger partial charge in [-0.15, -0.1) is 11.3 Å². The Labute approximate surface area is 122 Å². The summed E-state index contributed by atoms with van der Waals surface area (Å²) in [5.74, 6) is 1.64. The van der Waals surface area contributed by atoms with Gasteiger partial charge in [0.05, 0.1) is 15.7 Å². The largest absolute Gasteiger partial charge is 0.303 e. The molecule has 1 aromatic carbocycles. The second-order valence-electron chi connectivity index (χ2n) is 6.03. The van der Waals surface area contributed by atoms with Gasteiger partial charge < -0.3 is 4.90 Å². The maximum absolute atomic E-state index is 12.7. The van der Waals surface area contributed by atoms with E-state index in [1.807, 2.05) is 23.7 Å². The number of carbonyl (C=O) groups is 1. The third-order valence-electron chi connectivity index (χ3n) is 4.90. The zero-order valence-corrected chi connectivity index (χ0v) is 12.2. The lowest BCUT2D eigenvalue weighted by Crippen LogP contribution is -2.47. The molecule has 104 valence electrons. The van der Waals surface area contributed by atoms with E-state index < -0.39 is 0 Å². The number of aromatic nitrogens is 1. The zero-order valence-electron chi connectivity index (χ0n) is 11.4. The van der Waals surface area contributed by atoms with Crippen LogP contribution in [-0.4, -0.2) is 35.3 Å². The number of fused-ring (bicyclic) bond motifs is 4. The third-order valence-corrected chi connectivity index (χ3v) is 5.77. The summed E-state index contributed by atoms with van der Waals surface area (Å²) in [6.07, 6.45) is 3.27. The Bertz CT molecular complexity index is 643. The minimum atomic E-state index is 0.304. The molecular weight excluding hydrogens is 268 g/mol. The van der Waals surface area contributed by atoms with E-state index in [0.29, 0.717) is 18.1 Å². The molecule has 0 N–H and O–H groups in total. The maximum Gasteiger partial charge on any atom is 0.164 e. The summed E-state index contributed by atoms with van der Waals surface area (Å²) >= 11 is 1.58. The van der Waals surface area contributed by atoms with Gasteiger partial charge in [0.15, 0.2) is 5.78 Å². The molecule has 5 rings (SSSR count). The Morgan fingerprint density at radius 3 is 2.95 bits per heavy atom. The Morgan fingerprint density at radius 2 is 2.20 bits per heavy atom. The number of rotatable bonds is 3. The summed E-state index contributed by atoms with van der Waals surface area (Å²) in [5.41, 5.74) is 3.66. The van der Waals surface area contributed by atoms with Gasteiger partial charge >= 0.3 is 0 Å². The Balaban J connectivity index is 1.57. The van der Waals surface area contributed by atoms with E-state index in [-0.39, 0.29) is 0 Å². The third kappa shape index (κ3) is 2.07. The van der Waals surface area contributed by atoms with E-state index in [9.17, 15) is 4.79 Å². The highest BCUT2D eigenvalue weighted by atomic mass is 32.1. The van der Waals surface area contributed by atoms with Crippen LogP contribution in [0.15, 0.2) is 23.7 Å². The maximum atomic E-state index is 12.7. The van der Waals surface area contributed by atoms with Crippen LogP contribution in [0.1, 0.15) is 29.6 Å². The number of ketones is 1. The number of nitrogens with zero attached hydrogens (tertiary/aromatic N) is 2. The van der Waals surface area contributed by atoms with Crippen molar-refractivity contribution in [3.05, 3.63) is 29.3 Å². The van der Waals surface area contributed by atoms with Crippen molar-refractivity contribution in [1.82, 2.24) is 9.88 Å². The highest BCUT2D eigenvalue weighted by Gasteiger charge is 2.35. The van der Waals surface area contributed by atoms with Crippen LogP contribution in [0.2, 0.25) is 0 Å². The molecule has 3 aliphatic rings. The second kappa shape index (κ2) is 4.93. The van der Waals surface area contributed by atoms with Crippen LogP contribution in [0, 0.1) is 11.8 Å². The number of thiazole rings is 1. The molecule has 20 heavy (non-hydrogen) atoms. The molecule has 0 amide bonds. The molecule has 1 atom stereocenters. The van der Waals surface area contributed by atoms with Gasteiger partial charge in [0.2, 0.25) is 0 Å². The van der Waals surface area contributed by atoms with E-state index in [1.165, 1.54) is 25.9 Å². The SMILES string of the molecule is O=C(C[C@@H]1CN2CCC1CC2)c1cccc2ncsc12. The van der Waals surface area contributed by atoms with Crippen molar-refractivity contribution < 1.29 is 4.79 Å². The molecule has 2 aromatic rings. The molecule has 3 fully saturated rings. The molecule has 0 saturated carbocycles. The average molecular weight is 286 g/mol. The first kappa shape index (κ1) is 12.5. The number of benzene rings is 1. The zero-order chi connectivity index (χ0) is 13.5. The molecule has 1 aromatic heterocycles. The van der Waals surface area contributed by atoms with Crippen LogP contribution >= 0.6 is 11.3 Å². The summed E-state index contributed by atoms with van der Waals surface area (Å²) in [4.78, 5) is 19.5. The second-order valence-corrected chi connectivity index (χ2v) is 6.89. The lowest BCUT2D eigenvalue weighted by Gasteiger charge is -2.44. The first-order valence-electron chi connectivity index (χ1n) is 7.39. The number of piperidine rings is 3. The number of hydrogen-bond acceptors (Lipinski definition) is 4. The van der Waals surface area contributed by atoms with Crippen molar-refractivity contribution in [2.75, 3.05) is 19.6 Å². The highest BCUT2D eigenvalue weighted by molar-refractivity contribution is 7.17. The Morgan fingerprint density at radius 1 is 1.35 bits per heavy atom. The Kier molecular flexibility index (Phi) is 3.08. The van der Waals surface area contributed by atoms with Crippen molar-refractivity contribution in [1.29, 1.82) is 0 Å². The fraction of sp³-hybridized carbons (Fsp3) is 0.500. The normalized spacial score (nSPS) is 28.9. The molecule has 0 spiro atoms. The molecule has 3 aliphatic heterocycles. The van der Waals surface area contributed by atoms with Crippen molar-refractivity contribution in [3.63, 3.8) is 0 Å². The quantitative estimate of drug-likeness (QED) is 0.812. The van der Waals surface area contributed by atoms with Crippen molar-refractivity contribution in [2.24, 2.45) is 11.8 Å². The highest BCUT2D eigenvalue weighted by Crippen LogP contribution is 2.35. The average Bonchev–Trinajstić information content (AvgIpc) is 2.96. The van der Waals surface area contributed by atoms with Crippen LogP contribution in [-0.2, 0) is 0 Å². The van der Waals surface area contributed by atoms with Crippen molar-refractivity contribution >= 4 is 27.3 Å². The van der Waals surface area contributed by atoms with E-state index >= 15 is 0 Å². The van der Waals surface area contributed by atoms with Crippen LogP contribution in [0.4, 0.5) is 0 Å². The molecule has 4 heterocycles. The minimum Gasteiger partial charge on any atom is -0.303 e. The molecule has 3 saturated heterocycles. The van der Waals surface area contributed by atoms with E-state index in [1.54, 1.807) is 11.3 Å². The van der Waals surface area contributed by atoms with E-state index in [2.05, 4.69) is 9.88 Å². The summed E-state index contributed by atoms with van der Waals surface area (Å²) in [7, 11) is 0. The number of Topliss-reactive ketones (excluding diaryl/α,β-unsaturated/α-hetero) is 1. The van der Waals surface area contributed by atoms with Crippen LogP contribution < -0.4 is 0 Å². The van der Waals surface area contributed by atoms with E-state index in [0.717, 1.165) is 28.2 Å². The van der Waals surface area contributed by atoms with Gasteiger partial charge in [-0.1, -0.05) is 6.07 Å². The molecule has 0 unspecified atom stereocenters. The van der Waals surface area contributed by atoms with Gasteiger partial charge in [0, 0.05) is 18.5 Å². The topological polar surface area (TPSA) is 33.2 Å². The van der Waals surface area contributed by atoms with Crippen LogP contribution in [0.25, 0.3) is 10.2 Å². The number of hydrogen-bond donors (Lipinski definition) is 0. The predicted molar refractivity (Wildman–Crippen MR) is 81.2 cm³/mol. The van der Waals surface area contributed by atoms with Gasteiger partial charge in [-0.3, -0.25) is 4.79 Å². The van der Waals surface area contributed by atoms with Gasteiger partial charge in [0.1, 0.15) is 0 Å². The lowest BCUT2D eigenvalue weighted by molar-refractivity contribution is 0.0441. The molecule has 0 aliphatic carbocycles. The van der Waals surface area contributed by atoms with E-state index in [4.69, 9.17) is 0 Å². The Hall–Kier alpha value is -1.26. The molecule has 0 radical (unpaired) electrons. The summed E-state index contributed by atoms with van der Waals surface area (Å²) < 4.78 is 1.05. The molecule has 3 nitrogen and oxygen atoms in total. The monoisotopic (exact) mass is 286 g/mol. The molecule has 4 heteroatoms. The predicted octanol–water partition coefficient (Wildman–Crippen LogP) is 3.21. The summed E-state index contributed by atoms with van der Waals surface area (Å²) in [5, 5.41) is 0.